The van der Waals surface area contributed by atoms with Crippen LogP contribution in [0, 0.1) is 20.8 Å². The van der Waals surface area contributed by atoms with E-state index in [-0.39, 0.29) is 0 Å². The molecule has 0 bridgehead atoms. The maximum absolute atomic E-state index is 4.54. The lowest BCUT2D eigenvalue weighted by Crippen LogP contribution is -1.96. The molecule has 2 aromatic carbocycles. The number of rotatable bonds is 4. The second-order valence-corrected chi connectivity index (χ2v) is 7.84. The number of fused-ring (bicyclic) bond motifs is 1. The fourth-order valence-electron chi connectivity index (χ4n) is 2.94. The van der Waals surface area contributed by atoms with E-state index in [1.54, 1.807) is 18.0 Å². The molecule has 0 aliphatic heterocycles. The van der Waals surface area contributed by atoms with Crippen LogP contribution in [0.2, 0.25) is 0 Å². The van der Waals surface area contributed by atoms with Crippen LogP contribution in [-0.2, 0) is 0 Å². The van der Waals surface area contributed by atoms with Crippen molar-refractivity contribution < 1.29 is 0 Å². The van der Waals surface area contributed by atoms with E-state index in [1.807, 2.05) is 19.1 Å². The molecule has 2 heterocycles. The summed E-state index contributed by atoms with van der Waals surface area (Å²) in [6.45, 7) is 6.21. The van der Waals surface area contributed by atoms with Gasteiger partial charge in [-0.05, 0) is 68.8 Å². The summed E-state index contributed by atoms with van der Waals surface area (Å²) < 4.78 is 0. The molecular formula is C23H21N3S. The quantitative estimate of drug-likeness (QED) is 0.447. The maximum atomic E-state index is 4.54. The summed E-state index contributed by atoms with van der Waals surface area (Å²) in [5, 5.41) is 4.63. The molecule has 2 aromatic heterocycles. The second-order valence-electron chi connectivity index (χ2n) is 6.72. The van der Waals surface area contributed by atoms with Crippen molar-refractivity contribution in [2.45, 2.75) is 30.6 Å². The van der Waals surface area contributed by atoms with Crippen molar-refractivity contribution in [1.82, 2.24) is 9.97 Å². The highest BCUT2D eigenvalue weighted by Crippen LogP contribution is 2.36. The van der Waals surface area contributed by atoms with E-state index in [2.05, 4.69) is 77.7 Å². The maximum Gasteiger partial charge on any atom is 0.161 e. The topological polar surface area (TPSA) is 37.8 Å². The molecule has 0 atom stereocenters. The fourth-order valence-corrected chi connectivity index (χ4v) is 3.82. The number of nitrogens with zero attached hydrogens (tertiary/aromatic N) is 2. The van der Waals surface area contributed by atoms with E-state index in [0.29, 0.717) is 0 Å². The zero-order valence-electron chi connectivity index (χ0n) is 15.7. The Morgan fingerprint density at radius 1 is 0.778 bits per heavy atom. The Kier molecular flexibility index (Phi) is 4.82. The van der Waals surface area contributed by atoms with E-state index in [1.165, 1.54) is 20.9 Å². The first-order valence-electron chi connectivity index (χ1n) is 8.93. The number of pyridine rings is 2. The summed E-state index contributed by atoms with van der Waals surface area (Å²) in [5.41, 5.74) is 6.34. The zero-order valence-corrected chi connectivity index (χ0v) is 16.5. The minimum Gasteiger partial charge on any atom is -0.354 e. The van der Waals surface area contributed by atoms with Gasteiger partial charge in [0, 0.05) is 27.1 Å². The van der Waals surface area contributed by atoms with Gasteiger partial charge in [0.15, 0.2) is 5.65 Å². The van der Waals surface area contributed by atoms with Crippen molar-refractivity contribution in [3.63, 3.8) is 0 Å². The van der Waals surface area contributed by atoms with Gasteiger partial charge in [0.25, 0.3) is 0 Å². The third kappa shape index (κ3) is 3.96. The van der Waals surface area contributed by atoms with Gasteiger partial charge >= 0.3 is 0 Å². The first kappa shape index (κ1) is 17.6. The van der Waals surface area contributed by atoms with Crippen LogP contribution >= 0.6 is 11.8 Å². The van der Waals surface area contributed by atoms with Gasteiger partial charge in [-0.1, -0.05) is 35.5 Å². The second kappa shape index (κ2) is 7.41. The smallest absolute Gasteiger partial charge is 0.161 e. The monoisotopic (exact) mass is 371 g/mol. The van der Waals surface area contributed by atoms with E-state index in [0.717, 1.165) is 28.1 Å². The minimum atomic E-state index is 0.764. The molecule has 4 aromatic rings. The summed E-state index contributed by atoms with van der Waals surface area (Å²) >= 11 is 1.76. The van der Waals surface area contributed by atoms with Crippen LogP contribution < -0.4 is 5.32 Å². The number of anilines is 2. The van der Waals surface area contributed by atoms with Crippen molar-refractivity contribution in [3.05, 3.63) is 83.7 Å². The molecule has 0 fully saturated rings. The number of nitrogens with one attached hydrogen (secondary N) is 1. The highest BCUT2D eigenvalue weighted by Gasteiger charge is 2.09. The van der Waals surface area contributed by atoms with Gasteiger partial charge in [-0.15, -0.1) is 0 Å². The van der Waals surface area contributed by atoms with E-state index in [4.69, 9.17) is 0 Å². The van der Waals surface area contributed by atoms with Crippen LogP contribution in [0.3, 0.4) is 0 Å². The first-order chi connectivity index (χ1) is 13.1. The van der Waals surface area contributed by atoms with Gasteiger partial charge in [0.2, 0.25) is 0 Å². The Bertz CT molecular complexity index is 1100. The predicted molar refractivity (Wildman–Crippen MR) is 114 cm³/mol. The van der Waals surface area contributed by atoms with Gasteiger partial charge < -0.3 is 5.32 Å². The Morgan fingerprint density at radius 2 is 1.56 bits per heavy atom. The van der Waals surface area contributed by atoms with Crippen LogP contribution in [0.1, 0.15) is 16.8 Å². The molecule has 0 saturated carbocycles. The molecule has 3 nitrogen and oxygen atoms in total. The van der Waals surface area contributed by atoms with Crippen molar-refractivity contribution in [3.8, 4) is 0 Å². The number of hydrogen-bond acceptors (Lipinski definition) is 4. The molecule has 4 rings (SSSR count). The average molecular weight is 372 g/mol. The van der Waals surface area contributed by atoms with Gasteiger partial charge in [-0.2, -0.15) is 0 Å². The van der Waals surface area contributed by atoms with E-state index in [9.17, 15) is 0 Å². The Hall–Kier alpha value is -2.85. The molecule has 0 aliphatic carbocycles. The molecule has 0 amide bonds. The Morgan fingerprint density at radius 3 is 2.37 bits per heavy atom. The molecule has 0 saturated heterocycles. The normalized spacial score (nSPS) is 10.9. The summed E-state index contributed by atoms with van der Waals surface area (Å²) in [7, 11) is 0. The zero-order chi connectivity index (χ0) is 18.8. The van der Waals surface area contributed by atoms with E-state index >= 15 is 0 Å². The molecule has 134 valence electrons. The number of aryl methyl sites for hydroxylation is 3. The molecular weight excluding hydrogens is 350 g/mol. The number of benzene rings is 2. The first-order valence-corrected chi connectivity index (χ1v) is 9.75. The van der Waals surface area contributed by atoms with Gasteiger partial charge in [-0.25, -0.2) is 9.97 Å². The highest BCUT2D eigenvalue weighted by molar-refractivity contribution is 7.99. The van der Waals surface area contributed by atoms with Gasteiger partial charge in [0.05, 0.1) is 11.4 Å². The predicted octanol–water partition coefficient (Wildman–Crippen LogP) is 6.45. The summed E-state index contributed by atoms with van der Waals surface area (Å²) in [5.74, 6) is 0. The van der Waals surface area contributed by atoms with Crippen LogP contribution in [0.25, 0.3) is 11.0 Å². The molecule has 0 radical (unpaired) electrons. The highest BCUT2D eigenvalue weighted by atomic mass is 32.2. The average Bonchev–Trinajstić information content (AvgIpc) is 2.65. The van der Waals surface area contributed by atoms with E-state index < -0.39 is 0 Å². The lowest BCUT2D eigenvalue weighted by Gasteiger charge is -2.14. The lowest BCUT2D eigenvalue weighted by molar-refractivity contribution is 1.20. The molecule has 27 heavy (non-hydrogen) atoms. The summed E-state index contributed by atoms with van der Waals surface area (Å²) in [6, 6.07) is 21.2. The van der Waals surface area contributed by atoms with Gasteiger partial charge in [-0.3, -0.25) is 0 Å². The minimum absolute atomic E-state index is 0.764. The number of aromatic nitrogens is 2. The molecule has 0 aliphatic rings. The molecule has 0 spiro atoms. The lowest BCUT2D eigenvalue weighted by atomic mass is 10.2. The third-order valence-corrected chi connectivity index (χ3v) is 5.48. The fraction of sp³-hybridized carbons (Fsp3) is 0.130. The SMILES string of the molecule is Cc1ccc(Sc2ccc(C)cc2Nc2ccnc3nc(C)ccc23)cc1. The van der Waals surface area contributed by atoms with Gasteiger partial charge in [0.1, 0.15) is 0 Å². The standard InChI is InChI=1S/C23H21N3S/c1-15-4-8-18(9-5-15)27-22-11-6-16(2)14-21(22)26-20-12-13-24-23-19(20)10-7-17(3)25-23/h4-14H,1-3H3,(H,24,25,26). The third-order valence-electron chi connectivity index (χ3n) is 4.40. The van der Waals surface area contributed by atoms with Crippen LogP contribution in [-0.4, -0.2) is 9.97 Å². The van der Waals surface area contributed by atoms with Crippen molar-refractivity contribution in [2.24, 2.45) is 0 Å². The number of hydrogen-bond donors (Lipinski definition) is 1. The largest absolute Gasteiger partial charge is 0.354 e. The summed E-state index contributed by atoms with van der Waals surface area (Å²) in [4.78, 5) is 11.4. The van der Waals surface area contributed by atoms with Crippen LogP contribution in [0.5, 0.6) is 0 Å². The molecule has 0 unspecified atom stereocenters. The Labute approximate surface area is 163 Å². The van der Waals surface area contributed by atoms with Crippen LogP contribution in [0.4, 0.5) is 11.4 Å². The molecule has 4 heteroatoms. The summed E-state index contributed by atoms with van der Waals surface area (Å²) in [6.07, 6.45) is 1.81. The van der Waals surface area contributed by atoms with Crippen molar-refractivity contribution in [2.75, 3.05) is 5.32 Å². The Balaban J connectivity index is 1.72. The van der Waals surface area contributed by atoms with Crippen molar-refractivity contribution in [1.29, 1.82) is 0 Å². The van der Waals surface area contributed by atoms with Crippen molar-refractivity contribution >= 4 is 34.2 Å². The van der Waals surface area contributed by atoms with Crippen LogP contribution in [0.15, 0.2) is 76.7 Å². The molecule has 1 N–H and O–H groups in total.